The van der Waals surface area contributed by atoms with Crippen molar-refractivity contribution in [3.8, 4) is 11.3 Å². The number of carbonyl (C=O) groups excluding carboxylic acids is 1. The molecule has 1 saturated heterocycles. The van der Waals surface area contributed by atoms with Crippen LogP contribution in [0.15, 0.2) is 48.9 Å². The standard InChI is InChI=1S/C23H15B8N7O/c1-11-33-10-16(37(11)2)12-3-4-14-9-34-19(35-15(14)7-12)36-18(39)13-5-6-32-17(8-13)38-22(28,29)20(24,25)21(26,27)23(38,30)31/h3-10H,1-2H3,(H,34,35,36,39). The molecule has 1 aromatic carbocycles. The molecule has 1 amide bonds. The highest BCUT2D eigenvalue weighted by Crippen LogP contribution is 2.63. The van der Waals surface area contributed by atoms with E-state index in [0.29, 0.717) is 5.52 Å². The normalized spacial score (nSPS) is 18.7. The van der Waals surface area contributed by atoms with Gasteiger partial charge in [0.05, 0.1) is 80.2 Å². The third kappa shape index (κ3) is 3.97. The first-order valence-corrected chi connectivity index (χ1v) is 11.7. The summed E-state index contributed by atoms with van der Waals surface area (Å²) >= 11 is 0. The fourth-order valence-electron chi connectivity index (χ4n) is 4.59. The van der Waals surface area contributed by atoms with Crippen molar-refractivity contribution < 1.29 is 4.79 Å². The maximum absolute atomic E-state index is 13.2. The maximum atomic E-state index is 13.2. The Bertz CT molecular complexity index is 1600. The number of benzene rings is 1. The predicted octanol–water partition coefficient (Wildman–Crippen LogP) is -0.306. The highest BCUT2D eigenvalue weighted by molar-refractivity contribution is 6.69. The predicted molar refractivity (Wildman–Crippen MR) is 158 cm³/mol. The minimum absolute atomic E-state index is 0.0359. The van der Waals surface area contributed by atoms with Crippen molar-refractivity contribution in [1.82, 2.24) is 24.5 Å². The SMILES string of the molecule is [B]C1([B])N(c2cc(C(=O)Nc3ncc4ccc(-c5cnc(C)n5C)cc4n3)ccn2)C([B])([B])C([B])([B])C1([B])[B]. The molecule has 3 aromatic heterocycles. The van der Waals surface area contributed by atoms with Gasteiger partial charge in [0.2, 0.25) is 5.95 Å². The van der Waals surface area contributed by atoms with Crippen LogP contribution in [0, 0.1) is 6.92 Å². The number of rotatable bonds is 4. The van der Waals surface area contributed by atoms with Crippen LogP contribution in [0.25, 0.3) is 22.2 Å². The molecule has 4 aromatic rings. The van der Waals surface area contributed by atoms with Crippen molar-refractivity contribution in [1.29, 1.82) is 0 Å². The molecule has 1 N–H and O–H groups in total. The summed E-state index contributed by atoms with van der Waals surface area (Å²) < 4.78 is 1.97. The summed E-state index contributed by atoms with van der Waals surface area (Å²) in [6.07, 6.45) is 4.72. The van der Waals surface area contributed by atoms with Crippen LogP contribution in [0.5, 0.6) is 0 Å². The summed E-state index contributed by atoms with van der Waals surface area (Å²) in [5.74, 6) is 0.358. The number of aryl methyl sites for hydroxylation is 1. The number of anilines is 2. The van der Waals surface area contributed by atoms with Crippen LogP contribution in [-0.2, 0) is 7.05 Å². The summed E-state index contributed by atoms with van der Waals surface area (Å²) in [6, 6.07) is 8.52. The molecule has 0 bridgehead atoms. The molecule has 172 valence electrons. The zero-order valence-electron chi connectivity index (χ0n) is 21.3. The Morgan fingerprint density at radius 3 is 2.15 bits per heavy atom. The molecule has 4 heterocycles. The minimum Gasteiger partial charge on any atom is -0.382 e. The van der Waals surface area contributed by atoms with Crippen molar-refractivity contribution in [2.24, 2.45) is 7.05 Å². The van der Waals surface area contributed by atoms with Crippen molar-refractivity contribution in [2.45, 2.75) is 28.0 Å². The Hall–Kier alpha value is -3.29. The first-order valence-electron chi connectivity index (χ1n) is 11.7. The lowest BCUT2D eigenvalue weighted by Crippen LogP contribution is -2.60. The summed E-state index contributed by atoms with van der Waals surface area (Å²) in [7, 11) is 51.2. The number of amides is 1. The Balaban J connectivity index is 1.45. The van der Waals surface area contributed by atoms with Gasteiger partial charge < -0.3 is 9.47 Å². The first-order chi connectivity index (χ1) is 18.1. The van der Waals surface area contributed by atoms with E-state index >= 15 is 0 Å². The lowest BCUT2D eigenvalue weighted by Gasteiger charge is -2.49. The molecule has 39 heavy (non-hydrogen) atoms. The zero-order valence-corrected chi connectivity index (χ0v) is 21.3. The molecule has 0 aliphatic carbocycles. The molecule has 0 atom stereocenters. The number of nitrogens with one attached hydrogen (secondary N) is 1. The average Bonchev–Trinajstić information content (AvgIpc) is 3.23. The molecule has 1 aliphatic rings. The lowest BCUT2D eigenvalue weighted by molar-refractivity contribution is 0.102. The molecular weight excluding hydrogens is 477 g/mol. The second kappa shape index (κ2) is 8.86. The second-order valence-corrected chi connectivity index (χ2v) is 9.80. The molecular formula is C23H15B8N7O. The van der Waals surface area contributed by atoms with Crippen molar-refractivity contribution in [3.63, 3.8) is 0 Å². The molecule has 0 unspecified atom stereocenters. The van der Waals surface area contributed by atoms with Gasteiger partial charge in [-0.25, -0.2) is 19.9 Å². The average molecular weight is 492 g/mol. The van der Waals surface area contributed by atoms with E-state index in [4.69, 9.17) is 62.8 Å². The Kier molecular flexibility index (Phi) is 6.20. The number of aromatic nitrogens is 5. The Morgan fingerprint density at radius 1 is 0.872 bits per heavy atom. The summed E-state index contributed by atoms with van der Waals surface area (Å²) in [5.41, 5.74) is 2.59. The van der Waals surface area contributed by atoms with Crippen molar-refractivity contribution in [3.05, 3.63) is 60.3 Å². The minimum atomic E-state index is -2.16. The highest BCUT2D eigenvalue weighted by Gasteiger charge is 2.63. The van der Waals surface area contributed by atoms with Crippen LogP contribution < -0.4 is 10.2 Å². The van der Waals surface area contributed by atoms with Gasteiger partial charge in [0.15, 0.2) is 0 Å². The van der Waals surface area contributed by atoms with E-state index < -0.39 is 27.0 Å². The smallest absolute Gasteiger partial charge is 0.258 e. The van der Waals surface area contributed by atoms with Crippen LogP contribution in [0.1, 0.15) is 16.2 Å². The maximum Gasteiger partial charge on any atom is 0.258 e. The summed E-state index contributed by atoms with van der Waals surface area (Å²) in [4.78, 5) is 31.4. The van der Waals surface area contributed by atoms with E-state index in [0.717, 1.165) is 27.4 Å². The van der Waals surface area contributed by atoms with Crippen LogP contribution in [0.2, 0.25) is 10.4 Å². The second-order valence-electron chi connectivity index (χ2n) is 9.80. The third-order valence-electron chi connectivity index (χ3n) is 7.31. The van der Waals surface area contributed by atoms with Gasteiger partial charge in [0.25, 0.3) is 5.91 Å². The molecule has 1 fully saturated rings. The van der Waals surface area contributed by atoms with Crippen LogP contribution in [0.4, 0.5) is 11.8 Å². The molecule has 16 heteroatoms. The number of nitrogens with zero attached hydrogens (tertiary/aromatic N) is 6. The molecule has 16 radical (unpaired) electrons. The third-order valence-corrected chi connectivity index (χ3v) is 7.31. The van der Waals surface area contributed by atoms with Crippen LogP contribution in [0.3, 0.4) is 0 Å². The Labute approximate surface area is 237 Å². The molecule has 1 aliphatic heterocycles. The van der Waals surface area contributed by atoms with E-state index in [1.807, 2.05) is 36.7 Å². The fraction of sp³-hybridized carbons (Fsp3) is 0.261. The van der Waals surface area contributed by atoms with Gasteiger partial charge in [0.1, 0.15) is 11.6 Å². The molecule has 0 saturated carbocycles. The van der Waals surface area contributed by atoms with Crippen LogP contribution in [-0.4, -0.2) is 104 Å². The molecule has 5 rings (SSSR count). The van der Waals surface area contributed by atoms with Gasteiger partial charge in [-0.05, 0) is 35.8 Å². The van der Waals surface area contributed by atoms with Crippen molar-refractivity contribution >= 4 is 91.3 Å². The molecule has 0 spiro atoms. The Morgan fingerprint density at radius 2 is 1.54 bits per heavy atom. The largest absolute Gasteiger partial charge is 0.382 e. The molecule has 8 nitrogen and oxygen atoms in total. The van der Waals surface area contributed by atoms with E-state index in [1.54, 1.807) is 12.4 Å². The zero-order chi connectivity index (χ0) is 28.5. The summed E-state index contributed by atoms with van der Waals surface area (Å²) in [6.45, 7) is 1.92. The number of pyridine rings is 1. The summed E-state index contributed by atoms with van der Waals surface area (Å²) in [5, 5.41) is -5.15. The topological polar surface area (TPSA) is 88.8 Å². The number of fused-ring (bicyclic) bond motifs is 1. The highest BCUT2D eigenvalue weighted by atomic mass is 16.1. The number of hydrogen-bond donors (Lipinski definition) is 1. The van der Waals surface area contributed by atoms with E-state index in [-0.39, 0.29) is 17.3 Å². The van der Waals surface area contributed by atoms with Crippen molar-refractivity contribution in [2.75, 3.05) is 10.2 Å². The lowest BCUT2D eigenvalue weighted by atomic mass is 9.17. The number of hydrogen-bond acceptors (Lipinski definition) is 6. The van der Waals surface area contributed by atoms with Gasteiger partial charge >= 0.3 is 0 Å². The van der Waals surface area contributed by atoms with E-state index in [9.17, 15) is 4.79 Å². The first kappa shape index (κ1) is 27.3. The number of imidazole rings is 1. The van der Waals surface area contributed by atoms with E-state index in [1.165, 1.54) is 18.3 Å². The van der Waals surface area contributed by atoms with Gasteiger partial charge in [-0.1, -0.05) is 12.1 Å². The van der Waals surface area contributed by atoms with E-state index in [2.05, 4.69) is 25.3 Å². The monoisotopic (exact) mass is 493 g/mol. The fourth-order valence-corrected chi connectivity index (χ4v) is 4.59. The van der Waals surface area contributed by atoms with Gasteiger partial charge in [-0.15, -0.1) is 10.4 Å². The van der Waals surface area contributed by atoms with Gasteiger partial charge in [0, 0.05) is 36.0 Å². The number of carbonyl (C=O) groups is 1. The van der Waals surface area contributed by atoms with Crippen LogP contribution >= 0.6 is 0 Å². The van der Waals surface area contributed by atoms with Gasteiger partial charge in [-0.3, -0.25) is 10.1 Å². The van der Waals surface area contributed by atoms with Gasteiger partial charge in [-0.2, -0.15) is 0 Å². The quantitative estimate of drug-likeness (QED) is 0.394.